The van der Waals surface area contributed by atoms with Crippen molar-refractivity contribution < 1.29 is 26.7 Å². The minimum atomic E-state index is -4.20. The van der Waals surface area contributed by atoms with Crippen LogP contribution in [0.3, 0.4) is 0 Å². The highest BCUT2D eigenvalue weighted by Crippen LogP contribution is 2.31. The first-order chi connectivity index (χ1) is 20.0. The van der Waals surface area contributed by atoms with Crippen LogP contribution in [0.4, 0.5) is 26.0 Å². The molecule has 3 N–H and O–H groups in total. The standard InChI is InChI=1S/C28H35F2N7O4S/c1-18(17-41-3)31-26-15-21(36-10-8-35(2)9-11-36)4-5-23(26)28(38)32-27-24-16-37(7-6-25(24)33-34-27)42(39,40)22-13-19(29)12-20(30)14-22/h4-5,12-15,18,31H,6-11,16-17H2,1-3H3,(H2,32,33,34,38)/t18-/m0/s1. The normalized spacial score (nSPS) is 17.1. The fourth-order valence-electron chi connectivity index (χ4n) is 5.25. The van der Waals surface area contributed by atoms with Crippen LogP contribution in [0.15, 0.2) is 41.3 Å². The van der Waals surface area contributed by atoms with Crippen LogP contribution in [0.2, 0.25) is 0 Å². The summed E-state index contributed by atoms with van der Waals surface area (Å²) < 4.78 is 60.4. The molecule has 2 aromatic carbocycles. The Morgan fingerprint density at radius 2 is 1.81 bits per heavy atom. The lowest BCUT2D eigenvalue weighted by molar-refractivity contribution is 0.102. The van der Waals surface area contributed by atoms with E-state index < -0.39 is 32.5 Å². The molecule has 0 saturated carbocycles. The summed E-state index contributed by atoms with van der Waals surface area (Å²) in [7, 11) is -0.497. The minimum absolute atomic E-state index is 0.0751. The molecule has 0 unspecified atom stereocenters. The zero-order valence-corrected chi connectivity index (χ0v) is 24.6. The monoisotopic (exact) mass is 603 g/mol. The molecule has 0 spiro atoms. The lowest BCUT2D eigenvalue weighted by Gasteiger charge is -2.34. The Hall–Kier alpha value is -3.59. The molecule has 5 rings (SSSR count). The third-order valence-corrected chi connectivity index (χ3v) is 9.36. The Balaban J connectivity index is 1.38. The number of hydrogen-bond donors (Lipinski definition) is 3. The number of nitrogens with one attached hydrogen (secondary N) is 3. The van der Waals surface area contributed by atoms with Crippen LogP contribution in [-0.2, 0) is 27.7 Å². The van der Waals surface area contributed by atoms with Crippen molar-refractivity contribution in [3.8, 4) is 0 Å². The number of halogens is 2. The number of aromatic nitrogens is 2. The van der Waals surface area contributed by atoms with Gasteiger partial charge >= 0.3 is 0 Å². The molecule has 11 nitrogen and oxygen atoms in total. The van der Waals surface area contributed by atoms with E-state index in [4.69, 9.17) is 4.74 Å². The Labute approximate surface area is 243 Å². The maximum atomic E-state index is 13.8. The van der Waals surface area contributed by atoms with Gasteiger partial charge in [-0.3, -0.25) is 9.89 Å². The van der Waals surface area contributed by atoms with Gasteiger partial charge in [0.2, 0.25) is 10.0 Å². The molecule has 14 heteroatoms. The number of amides is 1. The molecule has 0 aliphatic carbocycles. The number of nitrogens with zero attached hydrogens (tertiary/aromatic N) is 4. The fraction of sp³-hybridized carbons (Fsp3) is 0.429. The average molecular weight is 604 g/mol. The van der Waals surface area contributed by atoms with Gasteiger partial charge in [0, 0.05) is 87.5 Å². The number of sulfonamides is 1. The first-order valence-corrected chi connectivity index (χ1v) is 15.2. The van der Waals surface area contributed by atoms with Gasteiger partial charge in [0.15, 0.2) is 5.82 Å². The number of aromatic amines is 1. The van der Waals surface area contributed by atoms with Gasteiger partial charge in [0.25, 0.3) is 5.91 Å². The first-order valence-electron chi connectivity index (χ1n) is 13.7. The second kappa shape index (κ2) is 12.3. The molecule has 2 aliphatic heterocycles. The fourth-order valence-corrected chi connectivity index (χ4v) is 6.70. The van der Waals surface area contributed by atoms with E-state index in [0.29, 0.717) is 35.2 Å². The van der Waals surface area contributed by atoms with Crippen molar-refractivity contribution in [2.24, 2.45) is 0 Å². The highest BCUT2D eigenvalue weighted by Gasteiger charge is 2.32. The van der Waals surface area contributed by atoms with E-state index in [0.717, 1.165) is 48.3 Å². The number of H-pyrrole nitrogens is 1. The van der Waals surface area contributed by atoms with E-state index in [1.807, 2.05) is 19.1 Å². The van der Waals surface area contributed by atoms with Crippen molar-refractivity contribution in [2.45, 2.75) is 30.8 Å². The molecule has 1 fully saturated rings. The third kappa shape index (κ3) is 6.41. The lowest BCUT2D eigenvalue weighted by atomic mass is 10.1. The highest BCUT2D eigenvalue weighted by atomic mass is 32.2. The van der Waals surface area contributed by atoms with Crippen LogP contribution in [-0.4, -0.2) is 93.3 Å². The predicted octanol–water partition coefficient (Wildman–Crippen LogP) is 2.89. The summed E-state index contributed by atoms with van der Waals surface area (Å²) in [5, 5.41) is 13.3. The number of carbonyl (C=O) groups excluding carboxylic acids is 1. The molecule has 0 radical (unpaired) electrons. The number of ether oxygens (including phenoxy) is 1. The summed E-state index contributed by atoms with van der Waals surface area (Å²) in [5.41, 5.74) is 3.20. The molecular weight excluding hydrogens is 568 g/mol. The molecule has 1 aromatic heterocycles. The number of anilines is 3. The van der Waals surface area contributed by atoms with Crippen LogP contribution < -0.4 is 15.5 Å². The van der Waals surface area contributed by atoms with Gasteiger partial charge in [-0.15, -0.1) is 0 Å². The summed E-state index contributed by atoms with van der Waals surface area (Å²) in [4.78, 5) is 17.7. The van der Waals surface area contributed by atoms with Crippen LogP contribution >= 0.6 is 0 Å². The van der Waals surface area contributed by atoms with Gasteiger partial charge in [-0.2, -0.15) is 9.40 Å². The van der Waals surface area contributed by atoms with E-state index in [1.165, 1.54) is 0 Å². The summed E-state index contributed by atoms with van der Waals surface area (Å²) >= 11 is 0. The van der Waals surface area contributed by atoms with Crippen molar-refractivity contribution in [2.75, 3.05) is 69.0 Å². The Kier molecular flexibility index (Phi) is 8.78. The first kappa shape index (κ1) is 29.9. The molecule has 2 aliphatic rings. The number of likely N-dealkylation sites (N-methyl/N-ethyl adjacent to an activating group) is 1. The zero-order chi connectivity index (χ0) is 30.0. The largest absolute Gasteiger partial charge is 0.383 e. The topological polar surface area (TPSA) is 123 Å². The number of hydrogen-bond acceptors (Lipinski definition) is 8. The molecule has 1 saturated heterocycles. The van der Waals surface area contributed by atoms with E-state index in [2.05, 4.69) is 37.7 Å². The molecule has 3 heterocycles. The molecule has 0 bridgehead atoms. The quantitative estimate of drug-likeness (QED) is 0.341. The molecule has 42 heavy (non-hydrogen) atoms. The van der Waals surface area contributed by atoms with Gasteiger partial charge in [-0.1, -0.05) is 0 Å². The van der Waals surface area contributed by atoms with Crippen molar-refractivity contribution in [1.82, 2.24) is 19.4 Å². The Bertz CT molecular complexity index is 1540. The summed E-state index contributed by atoms with van der Waals surface area (Å²) in [5.74, 6) is -2.19. The van der Waals surface area contributed by atoms with E-state index in [9.17, 15) is 22.0 Å². The smallest absolute Gasteiger partial charge is 0.258 e. The predicted molar refractivity (Wildman–Crippen MR) is 155 cm³/mol. The highest BCUT2D eigenvalue weighted by molar-refractivity contribution is 7.89. The number of carbonyl (C=O) groups is 1. The number of fused-ring (bicyclic) bond motifs is 1. The average Bonchev–Trinajstić information content (AvgIpc) is 3.34. The molecule has 226 valence electrons. The number of methoxy groups -OCH3 is 1. The SMILES string of the molecule is COC[C@H](C)Nc1cc(N2CCN(C)CC2)ccc1C(=O)Nc1n[nH]c2c1CN(S(=O)(=O)c1cc(F)cc(F)c1)CC2. The molecular formula is C28H35F2N7O4S. The van der Waals surface area contributed by atoms with Gasteiger partial charge < -0.3 is 25.2 Å². The van der Waals surface area contributed by atoms with Crippen molar-refractivity contribution in [1.29, 1.82) is 0 Å². The number of rotatable bonds is 9. The Morgan fingerprint density at radius 3 is 2.50 bits per heavy atom. The Morgan fingerprint density at radius 1 is 1.10 bits per heavy atom. The van der Waals surface area contributed by atoms with Crippen LogP contribution in [0.25, 0.3) is 0 Å². The number of benzene rings is 2. The molecule has 1 atom stereocenters. The summed E-state index contributed by atoms with van der Waals surface area (Å²) in [6.45, 7) is 5.98. The van der Waals surface area contributed by atoms with Crippen molar-refractivity contribution >= 4 is 33.1 Å². The van der Waals surface area contributed by atoms with Crippen molar-refractivity contribution in [3.63, 3.8) is 0 Å². The van der Waals surface area contributed by atoms with Crippen LogP contribution in [0.1, 0.15) is 28.5 Å². The second-order valence-corrected chi connectivity index (χ2v) is 12.6. The van der Waals surface area contributed by atoms with E-state index >= 15 is 0 Å². The lowest BCUT2D eigenvalue weighted by Crippen LogP contribution is -2.44. The van der Waals surface area contributed by atoms with Crippen molar-refractivity contribution in [3.05, 3.63) is 64.9 Å². The van der Waals surface area contributed by atoms with Gasteiger partial charge in [-0.05, 0) is 44.3 Å². The van der Waals surface area contributed by atoms with Crippen LogP contribution in [0, 0.1) is 11.6 Å². The minimum Gasteiger partial charge on any atom is -0.383 e. The van der Waals surface area contributed by atoms with Gasteiger partial charge in [0.05, 0.1) is 17.1 Å². The molecule has 1 amide bonds. The zero-order valence-electron chi connectivity index (χ0n) is 23.8. The van der Waals surface area contributed by atoms with Crippen LogP contribution in [0.5, 0.6) is 0 Å². The van der Waals surface area contributed by atoms with Gasteiger partial charge in [-0.25, -0.2) is 17.2 Å². The number of piperazine rings is 1. The second-order valence-electron chi connectivity index (χ2n) is 10.7. The maximum Gasteiger partial charge on any atom is 0.258 e. The van der Waals surface area contributed by atoms with E-state index in [1.54, 1.807) is 13.2 Å². The van der Waals surface area contributed by atoms with Gasteiger partial charge in [0.1, 0.15) is 11.6 Å². The third-order valence-electron chi connectivity index (χ3n) is 7.54. The van der Waals surface area contributed by atoms with E-state index in [-0.39, 0.29) is 31.4 Å². The summed E-state index contributed by atoms with van der Waals surface area (Å²) in [6, 6.07) is 7.76. The maximum absolute atomic E-state index is 13.8. The molecule has 3 aromatic rings. The summed E-state index contributed by atoms with van der Waals surface area (Å²) in [6.07, 6.45) is 0.288.